The van der Waals surface area contributed by atoms with Gasteiger partial charge < -0.3 is 15.3 Å². The number of rotatable bonds is 2. The van der Waals surface area contributed by atoms with Crippen molar-refractivity contribution in [1.82, 2.24) is 15.3 Å². The predicted molar refractivity (Wildman–Crippen MR) is 58.4 cm³/mol. The third-order valence-corrected chi connectivity index (χ3v) is 2.71. The Bertz CT molecular complexity index is 349. The Morgan fingerprint density at radius 1 is 1.50 bits per heavy atom. The van der Waals surface area contributed by atoms with Gasteiger partial charge in [-0.15, -0.1) is 0 Å². The summed E-state index contributed by atoms with van der Waals surface area (Å²) in [5.74, 6) is 0.906. The van der Waals surface area contributed by atoms with Gasteiger partial charge in [0.05, 0.1) is 0 Å². The van der Waals surface area contributed by atoms with Crippen molar-refractivity contribution in [2.45, 2.75) is 18.9 Å². The maximum atomic E-state index is 10.5. The number of nitrogens with zero attached hydrogens (tertiary/aromatic N) is 3. The molecule has 1 aromatic rings. The summed E-state index contributed by atoms with van der Waals surface area (Å²) in [6.07, 6.45) is 3.92. The first-order valence-corrected chi connectivity index (χ1v) is 5.26. The van der Waals surface area contributed by atoms with Crippen LogP contribution in [-0.4, -0.2) is 40.3 Å². The molecule has 6 heteroatoms. The Morgan fingerprint density at radius 3 is 2.81 bits per heavy atom. The molecule has 0 saturated carbocycles. The van der Waals surface area contributed by atoms with Crippen molar-refractivity contribution >= 4 is 11.9 Å². The summed E-state index contributed by atoms with van der Waals surface area (Å²) in [7, 11) is 0. The predicted octanol–water partition coefficient (Wildman–Crippen LogP) is 0.713. The first-order chi connectivity index (χ1) is 7.75. The van der Waals surface area contributed by atoms with Gasteiger partial charge in [-0.3, -0.25) is 0 Å². The molecule has 1 aliphatic heterocycles. The molecule has 2 N–H and O–H groups in total. The molecule has 1 aromatic heterocycles. The van der Waals surface area contributed by atoms with Crippen molar-refractivity contribution in [3.05, 3.63) is 18.6 Å². The highest BCUT2D eigenvalue weighted by Gasteiger charge is 2.20. The summed E-state index contributed by atoms with van der Waals surface area (Å²) in [5, 5.41) is 11.1. The molecule has 0 radical (unpaired) electrons. The van der Waals surface area contributed by atoms with Crippen LogP contribution >= 0.6 is 0 Å². The third kappa shape index (κ3) is 2.59. The maximum absolute atomic E-state index is 10.5. The molecule has 0 atom stereocenters. The second-order valence-corrected chi connectivity index (χ2v) is 3.78. The largest absolute Gasteiger partial charge is 0.465 e. The van der Waals surface area contributed by atoms with Crippen LogP contribution in [0, 0.1) is 0 Å². The molecule has 86 valence electrons. The Balaban J connectivity index is 1.88. The maximum Gasteiger partial charge on any atom is 0.404 e. The van der Waals surface area contributed by atoms with E-state index in [0.29, 0.717) is 0 Å². The molecule has 2 rings (SSSR count). The van der Waals surface area contributed by atoms with E-state index in [4.69, 9.17) is 5.11 Å². The van der Waals surface area contributed by atoms with Crippen molar-refractivity contribution in [1.29, 1.82) is 0 Å². The number of amides is 1. The normalized spacial score (nSPS) is 17.1. The number of hydrogen-bond donors (Lipinski definition) is 2. The van der Waals surface area contributed by atoms with Crippen molar-refractivity contribution in [2.75, 3.05) is 18.0 Å². The molecule has 1 fully saturated rings. The molecule has 1 saturated heterocycles. The molecule has 0 unspecified atom stereocenters. The molecular weight excluding hydrogens is 208 g/mol. The zero-order chi connectivity index (χ0) is 11.4. The minimum atomic E-state index is -0.944. The van der Waals surface area contributed by atoms with E-state index in [2.05, 4.69) is 20.2 Å². The number of hydrogen-bond acceptors (Lipinski definition) is 4. The molecule has 0 aromatic carbocycles. The summed E-state index contributed by atoms with van der Waals surface area (Å²) in [5.41, 5.74) is 0. The van der Waals surface area contributed by atoms with Crippen LogP contribution in [0.5, 0.6) is 0 Å². The molecule has 2 heterocycles. The summed E-state index contributed by atoms with van der Waals surface area (Å²) in [4.78, 5) is 20.6. The number of carbonyl (C=O) groups is 1. The van der Waals surface area contributed by atoms with Crippen molar-refractivity contribution in [2.24, 2.45) is 0 Å². The standard InChI is InChI=1S/C10H14N4O2/c15-10(16)13-8-2-5-14(6-3-8)9-1-4-11-7-12-9/h1,4,7-8,13H,2-3,5-6H2,(H,15,16). The van der Waals surface area contributed by atoms with Crippen LogP contribution in [0.4, 0.5) is 10.6 Å². The van der Waals surface area contributed by atoms with E-state index in [-0.39, 0.29) is 6.04 Å². The third-order valence-electron chi connectivity index (χ3n) is 2.71. The van der Waals surface area contributed by atoms with E-state index in [0.717, 1.165) is 31.7 Å². The Labute approximate surface area is 93.3 Å². The number of carboxylic acid groups (broad SMARTS) is 1. The van der Waals surface area contributed by atoms with Gasteiger partial charge in [-0.05, 0) is 18.9 Å². The van der Waals surface area contributed by atoms with E-state index >= 15 is 0 Å². The molecular formula is C10H14N4O2. The first kappa shape index (κ1) is 10.7. The van der Waals surface area contributed by atoms with Crippen molar-refractivity contribution in [3.8, 4) is 0 Å². The minimum absolute atomic E-state index is 0.0654. The molecule has 1 aliphatic rings. The van der Waals surface area contributed by atoms with Crippen LogP contribution in [-0.2, 0) is 0 Å². The first-order valence-electron chi connectivity index (χ1n) is 5.26. The van der Waals surface area contributed by atoms with Gasteiger partial charge >= 0.3 is 6.09 Å². The van der Waals surface area contributed by atoms with Crippen LogP contribution in [0.1, 0.15) is 12.8 Å². The van der Waals surface area contributed by atoms with Crippen molar-refractivity contribution in [3.63, 3.8) is 0 Å². The van der Waals surface area contributed by atoms with Crippen LogP contribution in [0.2, 0.25) is 0 Å². The van der Waals surface area contributed by atoms with Gasteiger partial charge in [-0.1, -0.05) is 0 Å². The molecule has 1 amide bonds. The second kappa shape index (κ2) is 4.78. The number of nitrogens with one attached hydrogen (secondary N) is 1. The van der Waals surface area contributed by atoms with Crippen molar-refractivity contribution < 1.29 is 9.90 Å². The van der Waals surface area contributed by atoms with Gasteiger partial charge in [-0.2, -0.15) is 0 Å². The zero-order valence-corrected chi connectivity index (χ0v) is 8.83. The lowest BCUT2D eigenvalue weighted by Crippen LogP contribution is -2.44. The summed E-state index contributed by atoms with van der Waals surface area (Å²) in [6, 6.07) is 1.93. The summed E-state index contributed by atoms with van der Waals surface area (Å²) >= 11 is 0. The number of piperidine rings is 1. The molecule has 0 bridgehead atoms. The van der Waals surface area contributed by atoms with Gasteiger partial charge in [0, 0.05) is 25.3 Å². The summed E-state index contributed by atoms with van der Waals surface area (Å²) < 4.78 is 0. The van der Waals surface area contributed by atoms with E-state index < -0.39 is 6.09 Å². The van der Waals surface area contributed by atoms with Crippen LogP contribution in [0.3, 0.4) is 0 Å². The average molecular weight is 222 g/mol. The van der Waals surface area contributed by atoms with E-state index in [1.807, 2.05) is 6.07 Å². The lowest BCUT2D eigenvalue weighted by molar-refractivity contribution is 0.187. The minimum Gasteiger partial charge on any atom is -0.465 e. The molecule has 0 spiro atoms. The van der Waals surface area contributed by atoms with Gasteiger partial charge in [-0.25, -0.2) is 14.8 Å². The zero-order valence-electron chi connectivity index (χ0n) is 8.83. The lowest BCUT2D eigenvalue weighted by atomic mass is 10.1. The average Bonchev–Trinajstić information content (AvgIpc) is 2.30. The highest BCUT2D eigenvalue weighted by molar-refractivity contribution is 5.64. The smallest absolute Gasteiger partial charge is 0.404 e. The Hall–Kier alpha value is -1.85. The highest BCUT2D eigenvalue weighted by Crippen LogP contribution is 2.16. The topological polar surface area (TPSA) is 78.4 Å². The molecule has 0 aliphatic carbocycles. The van der Waals surface area contributed by atoms with Crippen LogP contribution in [0.25, 0.3) is 0 Å². The SMILES string of the molecule is O=C(O)NC1CCN(c2ccncn2)CC1. The molecule has 16 heavy (non-hydrogen) atoms. The van der Waals surface area contributed by atoms with E-state index in [9.17, 15) is 4.79 Å². The van der Waals surface area contributed by atoms with E-state index in [1.165, 1.54) is 6.33 Å². The lowest BCUT2D eigenvalue weighted by Gasteiger charge is -2.32. The number of anilines is 1. The fraction of sp³-hybridized carbons (Fsp3) is 0.500. The van der Waals surface area contributed by atoms with Crippen LogP contribution < -0.4 is 10.2 Å². The quantitative estimate of drug-likeness (QED) is 0.770. The Kier molecular flexibility index (Phi) is 3.19. The second-order valence-electron chi connectivity index (χ2n) is 3.78. The monoisotopic (exact) mass is 222 g/mol. The number of aromatic nitrogens is 2. The van der Waals surface area contributed by atoms with Gasteiger partial charge in [0.15, 0.2) is 0 Å². The van der Waals surface area contributed by atoms with E-state index in [1.54, 1.807) is 6.20 Å². The summed E-state index contributed by atoms with van der Waals surface area (Å²) in [6.45, 7) is 1.64. The fourth-order valence-electron chi connectivity index (χ4n) is 1.90. The van der Waals surface area contributed by atoms with Gasteiger partial charge in [0.2, 0.25) is 0 Å². The van der Waals surface area contributed by atoms with Gasteiger partial charge in [0.1, 0.15) is 12.1 Å². The van der Waals surface area contributed by atoms with Gasteiger partial charge in [0.25, 0.3) is 0 Å². The van der Waals surface area contributed by atoms with Crippen LogP contribution in [0.15, 0.2) is 18.6 Å². The molecule has 6 nitrogen and oxygen atoms in total. The highest BCUT2D eigenvalue weighted by atomic mass is 16.4. The fourth-order valence-corrected chi connectivity index (χ4v) is 1.90. The Morgan fingerprint density at radius 2 is 2.25 bits per heavy atom.